The molecule has 0 spiro atoms. The predicted octanol–water partition coefficient (Wildman–Crippen LogP) is 3.82. The van der Waals surface area contributed by atoms with Crippen molar-refractivity contribution in [2.24, 2.45) is 0 Å². The number of benzene rings is 1. The molecular weight excluding hydrogens is 447 g/mol. The number of likely N-dealkylation sites (N-methyl/N-ethyl adjacent to an activating group) is 1. The predicted molar refractivity (Wildman–Crippen MR) is 134 cm³/mol. The van der Waals surface area contributed by atoms with Crippen LogP contribution >= 0.6 is 0 Å². The summed E-state index contributed by atoms with van der Waals surface area (Å²) in [5.41, 5.74) is 2.11. The molecule has 1 amide bonds. The first kappa shape index (κ1) is 22.4. The number of nitrogens with zero attached hydrogens (tertiary/aromatic N) is 5. The normalized spacial score (nSPS) is 13.8. The van der Waals surface area contributed by atoms with Gasteiger partial charge in [-0.15, -0.1) is 0 Å². The van der Waals surface area contributed by atoms with Crippen molar-refractivity contribution in [3.8, 4) is 11.3 Å². The number of fused-ring (bicyclic) bond motifs is 1. The van der Waals surface area contributed by atoms with Crippen molar-refractivity contribution < 1.29 is 9.18 Å². The van der Waals surface area contributed by atoms with Gasteiger partial charge in [-0.25, -0.2) is 19.3 Å². The molecule has 1 saturated heterocycles. The van der Waals surface area contributed by atoms with Crippen LogP contribution in [0.25, 0.3) is 22.2 Å². The van der Waals surface area contributed by atoms with Crippen LogP contribution in [-0.2, 0) is 4.79 Å². The van der Waals surface area contributed by atoms with Crippen LogP contribution in [0.15, 0.2) is 67.6 Å². The monoisotopic (exact) mass is 470 g/mol. The van der Waals surface area contributed by atoms with Gasteiger partial charge in [-0.05, 0) is 49.5 Å². The molecule has 0 atom stereocenters. The maximum atomic E-state index is 15.0. The van der Waals surface area contributed by atoms with Gasteiger partial charge in [0.05, 0.1) is 34.7 Å². The second kappa shape index (κ2) is 9.43. The highest BCUT2D eigenvalue weighted by molar-refractivity contribution is 6.00. The molecule has 1 aliphatic rings. The minimum Gasteiger partial charge on any atom is -0.365 e. The quantitative estimate of drug-likeness (QED) is 0.350. The summed E-state index contributed by atoms with van der Waals surface area (Å²) in [6.07, 6.45) is 5.97. The van der Waals surface area contributed by atoms with E-state index in [-0.39, 0.29) is 11.5 Å². The Morgan fingerprint density at radius 2 is 1.97 bits per heavy atom. The molecule has 35 heavy (non-hydrogen) atoms. The van der Waals surface area contributed by atoms with Crippen molar-refractivity contribution in [1.29, 1.82) is 0 Å². The molecule has 3 N–H and O–H groups in total. The lowest BCUT2D eigenvalue weighted by molar-refractivity contribution is -0.111. The molecule has 4 aromatic rings. The number of aromatic nitrogens is 4. The van der Waals surface area contributed by atoms with Gasteiger partial charge in [0.15, 0.2) is 0 Å². The largest absolute Gasteiger partial charge is 0.365 e. The number of pyridine rings is 2. The minimum atomic E-state index is -0.486. The van der Waals surface area contributed by atoms with Crippen molar-refractivity contribution in [2.75, 3.05) is 36.1 Å². The van der Waals surface area contributed by atoms with Crippen molar-refractivity contribution >= 4 is 40.0 Å². The summed E-state index contributed by atoms with van der Waals surface area (Å²) < 4.78 is 15.0. The molecule has 1 aromatic carbocycles. The first-order chi connectivity index (χ1) is 17.0. The van der Waals surface area contributed by atoms with Gasteiger partial charge in [-0.2, -0.15) is 0 Å². The number of halogens is 1. The standard InChI is InChI=1S/C25H23FN8O/c1-3-22(35)31-16-8-9-27-20(10-16)23-19(26)6-4-15-11-29-25(33-24(15)23)32-17-5-7-21(28-12-17)30-18-13-34(2)14-18/h3-12,18H,1,13-14H2,2H3,(H,28,30)(H,27,31,35)(H,29,32,33). The fourth-order valence-electron chi connectivity index (χ4n) is 3.90. The van der Waals surface area contributed by atoms with E-state index in [0.29, 0.717) is 40.0 Å². The van der Waals surface area contributed by atoms with Gasteiger partial charge in [0.1, 0.15) is 11.6 Å². The topological polar surface area (TPSA) is 108 Å². The Morgan fingerprint density at radius 1 is 1.11 bits per heavy atom. The fraction of sp³-hybridized carbons (Fsp3) is 0.160. The number of hydrogen-bond donors (Lipinski definition) is 3. The zero-order valence-electron chi connectivity index (χ0n) is 19.0. The Balaban J connectivity index is 1.42. The third kappa shape index (κ3) is 4.92. The first-order valence-electron chi connectivity index (χ1n) is 11.0. The van der Waals surface area contributed by atoms with E-state index in [9.17, 15) is 9.18 Å². The number of nitrogens with one attached hydrogen (secondary N) is 3. The van der Waals surface area contributed by atoms with E-state index in [0.717, 1.165) is 25.0 Å². The van der Waals surface area contributed by atoms with Crippen LogP contribution in [-0.4, -0.2) is 56.9 Å². The Kier molecular flexibility index (Phi) is 6.02. The minimum absolute atomic E-state index is 0.214. The maximum absolute atomic E-state index is 15.0. The average Bonchev–Trinajstić information content (AvgIpc) is 2.84. The van der Waals surface area contributed by atoms with Gasteiger partial charge in [0.25, 0.3) is 0 Å². The molecule has 0 bridgehead atoms. The summed E-state index contributed by atoms with van der Waals surface area (Å²) in [5, 5.41) is 9.82. The Bertz CT molecular complexity index is 1400. The molecule has 4 heterocycles. The molecule has 0 aliphatic carbocycles. The van der Waals surface area contributed by atoms with E-state index in [2.05, 4.69) is 54.4 Å². The molecule has 1 aliphatic heterocycles. The second-order valence-electron chi connectivity index (χ2n) is 8.30. The van der Waals surface area contributed by atoms with Gasteiger partial charge in [-0.3, -0.25) is 9.78 Å². The van der Waals surface area contributed by atoms with Gasteiger partial charge in [0.2, 0.25) is 11.9 Å². The van der Waals surface area contributed by atoms with Gasteiger partial charge in [-0.1, -0.05) is 6.58 Å². The number of hydrogen-bond acceptors (Lipinski definition) is 8. The Hall–Kier alpha value is -4.44. The molecule has 0 radical (unpaired) electrons. The fourth-order valence-corrected chi connectivity index (χ4v) is 3.90. The number of carbonyl (C=O) groups is 1. The summed E-state index contributed by atoms with van der Waals surface area (Å²) in [7, 11) is 2.08. The highest BCUT2D eigenvalue weighted by Crippen LogP contribution is 2.31. The zero-order valence-corrected chi connectivity index (χ0v) is 19.0. The van der Waals surface area contributed by atoms with E-state index >= 15 is 0 Å². The smallest absolute Gasteiger partial charge is 0.247 e. The molecular formula is C25H23FN8O. The highest BCUT2D eigenvalue weighted by Gasteiger charge is 2.22. The van der Waals surface area contributed by atoms with Crippen molar-refractivity contribution in [1.82, 2.24) is 24.8 Å². The molecule has 0 unspecified atom stereocenters. The summed E-state index contributed by atoms with van der Waals surface area (Å²) in [5.74, 6) is 0.236. The molecule has 5 rings (SSSR count). The van der Waals surface area contributed by atoms with Crippen LogP contribution in [0.1, 0.15) is 0 Å². The van der Waals surface area contributed by atoms with Crippen LogP contribution in [0.5, 0.6) is 0 Å². The van der Waals surface area contributed by atoms with E-state index in [1.807, 2.05) is 12.1 Å². The lowest BCUT2D eigenvalue weighted by atomic mass is 10.1. The molecule has 9 nitrogen and oxygen atoms in total. The molecule has 176 valence electrons. The summed E-state index contributed by atoms with van der Waals surface area (Å²) in [6, 6.07) is 10.3. The number of amides is 1. The summed E-state index contributed by atoms with van der Waals surface area (Å²) >= 11 is 0. The molecule has 0 saturated carbocycles. The maximum Gasteiger partial charge on any atom is 0.247 e. The second-order valence-corrected chi connectivity index (χ2v) is 8.30. The van der Waals surface area contributed by atoms with E-state index in [1.165, 1.54) is 12.3 Å². The Morgan fingerprint density at radius 3 is 2.71 bits per heavy atom. The highest BCUT2D eigenvalue weighted by atomic mass is 19.1. The third-order valence-corrected chi connectivity index (χ3v) is 5.61. The van der Waals surface area contributed by atoms with Gasteiger partial charge >= 0.3 is 0 Å². The van der Waals surface area contributed by atoms with Crippen LogP contribution < -0.4 is 16.0 Å². The van der Waals surface area contributed by atoms with Crippen LogP contribution in [0.3, 0.4) is 0 Å². The molecule has 3 aromatic heterocycles. The lowest BCUT2D eigenvalue weighted by Crippen LogP contribution is -2.52. The van der Waals surface area contributed by atoms with E-state index in [4.69, 9.17) is 0 Å². The first-order valence-corrected chi connectivity index (χ1v) is 11.0. The number of likely N-dealkylation sites (tertiary alicyclic amines) is 1. The number of rotatable bonds is 7. The van der Waals surface area contributed by atoms with Crippen LogP contribution in [0.4, 0.5) is 27.5 Å². The van der Waals surface area contributed by atoms with E-state index in [1.54, 1.807) is 30.6 Å². The van der Waals surface area contributed by atoms with Gasteiger partial charge < -0.3 is 20.9 Å². The molecule has 1 fully saturated rings. The summed E-state index contributed by atoms with van der Waals surface area (Å²) in [4.78, 5) is 31.6. The summed E-state index contributed by atoms with van der Waals surface area (Å²) in [6.45, 7) is 5.42. The number of anilines is 4. The third-order valence-electron chi connectivity index (χ3n) is 5.61. The lowest BCUT2D eigenvalue weighted by Gasteiger charge is -2.36. The average molecular weight is 471 g/mol. The van der Waals surface area contributed by atoms with E-state index < -0.39 is 5.82 Å². The molecule has 10 heteroatoms. The zero-order chi connectivity index (χ0) is 24.4. The van der Waals surface area contributed by atoms with Gasteiger partial charge in [0, 0.05) is 36.6 Å². The Labute approximate surface area is 201 Å². The van der Waals surface area contributed by atoms with Crippen LogP contribution in [0, 0.1) is 5.82 Å². The number of carbonyl (C=O) groups excluding carboxylic acids is 1. The van der Waals surface area contributed by atoms with Crippen LogP contribution in [0.2, 0.25) is 0 Å². The van der Waals surface area contributed by atoms with Crippen molar-refractivity contribution in [2.45, 2.75) is 6.04 Å². The van der Waals surface area contributed by atoms with Crippen molar-refractivity contribution in [3.63, 3.8) is 0 Å². The SMILES string of the molecule is C=CC(=O)Nc1ccnc(-c2c(F)ccc3cnc(Nc4ccc(NC5CN(C)C5)nc4)nc23)c1. The van der Waals surface area contributed by atoms with Crippen molar-refractivity contribution in [3.05, 3.63) is 73.5 Å².